The molecule has 0 fully saturated rings. The van der Waals surface area contributed by atoms with Gasteiger partial charge in [-0.15, -0.1) is 11.6 Å². The first kappa shape index (κ1) is 14.4. The Morgan fingerprint density at radius 1 is 1.05 bits per heavy atom. The van der Waals surface area contributed by atoms with Crippen LogP contribution in [-0.2, 0) is 10.2 Å². The number of rotatable bonds is 5. The summed E-state index contributed by atoms with van der Waals surface area (Å²) in [5.41, 5.74) is 0.472. The molecule has 1 heterocycles. The molecule has 0 aliphatic rings. The summed E-state index contributed by atoms with van der Waals surface area (Å²) in [7, 11) is -1.76. The molecule has 2 rings (SSSR count). The lowest BCUT2D eigenvalue weighted by atomic mass is 10.0. The van der Waals surface area contributed by atoms with Crippen molar-refractivity contribution in [2.24, 2.45) is 0 Å². The molecule has 0 aliphatic heterocycles. The number of hydrogen-bond donors (Lipinski definition) is 0. The third-order valence-electron chi connectivity index (χ3n) is 2.90. The second-order valence-electron chi connectivity index (χ2n) is 5.59. The summed E-state index contributed by atoms with van der Waals surface area (Å²) in [4.78, 5) is 0. The highest BCUT2D eigenvalue weighted by Gasteiger charge is 2.38. The minimum atomic E-state index is -1.76. The molecule has 1 aromatic heterocycles. The average molecular weight is 294 g/mol. The number of aromatic nitrogens is 1. The zero-order valence-electron chi connectivity index (χ0n) is 11.6. The topological polar surface area (TPSA) is 14.2 Å². The Morgan fingerprint density at radius 2 is 1.63 bits per heavy atom. The molecule has 2 aromatic rings. The Balaban J connectivity index is 2.54. The quantitative estimate of drug-likeness (QED) is 0.593. The van der Waals surface area contributed by atoms with E-state index in [2.05, 4.69) is 36.3 Å². The Labute approximate surface area is 121 Å². The van der Waals surface area contributed by atoms with E-state index in [1.165, 1.54) is 0 Å². The van der Waals surface area contributed by atoms with E-state index in [-0.39, 0.29) is 0 Å². The molecular weight excluding hydrogens is 274 g/mol. The highest BCUT2D eigenvalue weighted by Crippen LogP contribution is 2.32. The Hall–Kier alpha value is -1.03. The van der Waals surface area contributed by atoms with Gasteiger partial charge in [0.05, 0.1) is 5.88 Å². The Morgan fingerprint density at radius 3 is 2.11 bits per heavy atom. The number of halogens is 1. The maximum absolute atomic E-state index is 6.47. The number of alkyl halides is 1. The summed E-state index contributed by atoms with van der Waals surface area (Å²) < 4.78 is 8.54. The normalized spacial score (nSPS) is 15.2. The second-order valence-corrected chi connectivity index (χ2v) is 10.3. The summed E-state index contributed by atoms with van der Waals surface area (Å²) in [6, 6.07) is 14.2. The molecule has 0 saturated heterocycles. The molecule has 0 radical (unpaired) electrons. The highest BCUT2D eigenvalue weighted by atomic mass is 35.5. The van der Waals surface area contributed by atoms with E-state index < -0.39 is 14.0 Å². The predicted octanol–water partition coefficient (Wildman–Crippen LogP) is 4.28. The van der Waals surface area contributed by atoms with Crippen LogP contribution in [0, 0.1) is 0 Å². The highest BCUT2D eigenvalue weighted by molar-refractivity contribution is 6.69. The first-order chi connectivity index (χ1) is 8.98. The van der Waals surface area contributed by atoms with Crippen LogP contribution in [0.2, 0.25) is 19.6 Å². The maximum Gasteiger partial charge on any atom is 0.187 e. The zero-order valence-corrected chi connectivity index (χ0v) is 13.4. The van der Waals surface area contributed by atoms with Crippen molar-refractivity contribution in [2.75, 3.05) is 5.88 Å². The standard InChI is InChI=1S/C15H20ClNOSi/c1-19(2,3)18-15(13-16,17-11-7-8-12-17)14-9-5-4-6-10-14/h4-12H,13H2,1-3H3. The van der Waals surface area contributed by atoms with Crippen LogP contribution in [0.1, 0.15) is 5.56 Å². The van der Waals surface area contributed by atoms with Crippen LogP contribution < -0.4 is 0 Å². The van der Waals surface area contributed by atoms with Crippen molar-refractivity contribution >= 4 is 19.9 Å². The van der Waals surface area contributed by atoms with Crippen LogP contribution >= 0.6 is 11.6 Å². The Bertz CT molecular complexity index is 507. The van der Waals surface area contributed by atoms with Crippen molar-refractivity contribution in [3.8, 4) is 0 Å². The van der Waals surface area contributed by atoms with Gasteiger partial charge in [0, 0.05) is 18.0 Å². The van der Waals surface area contributed by atoms with Crippen molar-refractivity contribution < 1.29 is 4.43 Å². The maximum atomic E-state index is 6.47. The molecule has 0 amide bonds. The van der Waals surface area contributed by atoms with Gasteiger partial charge in [0.15, 0.2) is 14.0 Å². The summed E-state index contributed by atoms with van der Waals surface area (Å²) in [5.74, 6) is 0.385. The van der Waals surface area contributed by atoms with Gasteiger partial charge >= 0.3 is 0 Å². The fraction of sp³-hybridized carbons (Fsp3) is 0.333. The number of hydrogen-bond acceptors (Lipinski definition) is 1. The number of nitrogens with zero attached hydrogens (tertiary/aromatic N) is 1. The SMILES string of the molecule is C[Si](C)(C)OC(CCl)(c1ccccc1)n1cccc1. The van der Waals surface area contributed by atoms with Crippen LogP contribution in [0.25, 0.3) is 0 Å². The molecule has 102 valence electrons. The molecule has 0 spiro atoms. The third-order valence-corrected chi connectivity index (χ3v) is 4.21. The van der Waals surface area contributed by atoms with Gasteiger partial charge in [-0.2, -0.15) is 0 Å². The smallest absolute Gasteiger partial charge is 0.187 e. The molecular formula is C15H20ClNOSi. The number of benzene rings is 1. The molecule has 1 unspecified atom stereocenters. The van der Waals surface area contributed by atoms with Gasteiger partial charge in [-0.05, 0) is 31.8 Å². The molecule has 19 heavy (non-hydrogen) atoms. The Kier molecular flexibility index (Phi) is 4.18. The molecule has 1 aromatic carbocycles. The first-order valence-corrected chi connectivity index (χ1v) is 10.4. The largest absolute Gasteiger partial charge is 0.391 e. The first-order valence-electron chi connectivity index (χ1n) is 6.43. The van der Waals surface area contributed by atoms with E-state index in [9.17, 15) is 0 Å². The lowest BCUT2D eigenvalue weighted by Gasteiger charge is -2.39. The van der Waals surface area contributed by atoms with E-state index in [1.807, 2.05) is 42.7 Å². The van der Waals surface area contributed by atoms with Crippen molar-refractivity contribution in [1.82, 2.24) is 4.57 Å². The molecule has 4 heteroatoms. The van der Waals surface area contributed by atoms with Crippen LogP contribution in [-0.4, -0.2) is 18.8 Å². The summed E-state index contributed by atoms with van der Waals surface area (Å²) >= 11 is 6.33. The lowest BCUT2D eigenvalue weighted by molar-refractivity contribution is 0.0501. The van der Waals surface area contributed by atoms with Gasteiger partial charge in [-0.3, -0.25) is 0 Å². The summed E-state index contributed by atoms with van der Waals surface area (Å²) in [6.45, 7) is 6.54. The van der Waals surface area contributed by atoms with E-state index in [0.717, 1.165) is 5.56 Å². The molecule has 0 N–H and O–H groups in total. The fourth-order valence-electron chi connectivity index (χ4n) is 2.21. The summed E-state index contributed by atoms with van der Waals surface area (Å²) in [6.07, 6.45) is 4.02. The van der Waals surface area contributed by atoms with Crippen molar-refractivity contribution in [1.29, 1.82) is 0 Å². The predicted molar refractivity (Wildman–Crippen MR) is 83.1 cm³/mol. The molecule has 0 bridgehead atoms. The molecule has 0 saturated carbocycles. The van der Waals surface area contributed by atoms with E-state index in [0.29, 0.717) is 5.88 Å². The van der Waals surface area contributed by atoms with Gasteiger partial charge in [0.1, 0.15) is 0 Å². The average Bonchev–Trinajstić information content (AvgIpc) is 2.90. The van der Waals surface area contributed by atoms with Gasteiger partial charge in [-0.1, -0.05) is 30.3 Å². The molecule has 1 atom stereocenters. The van der Waals surface area contributed by atoms with Gasteiger partial charge in [0.25, 0.3) is 0 Å². The minimum absolute atomic E-state index is 0.385. The van der Waals surface area contributed by atoms with Crippen LogP contribution in [0.3, 0.4) is 0 Å². The second kappa shape index (κ2) is 5.53. The molecule has 2 nitrogen and oxygen atoms in total. The molecule has 0 aliphatic carbocycles. The van der Waals surface area contributed by atoms with Crippen molar-refractivity contribution in [2.45, 2.75) is 25.4 Å². The lowest BCUT2D eigenvalue weighted by Crippen LogP contribution is -2.46. The van der Waals surface area contributed by atoms with Crippen LogP contribution in [0.15, 0.2) is 54.9 Å². The van der Waals surface area contributed by atoms with Crippen LogP contribution in [0.5, 0.6) is 0 Å². The fourth-order valence-corrected chi connectivity index (χ4v) is 3.96. The summed E-state index contributed by atoms with van der Waals surface area (Å²) in [5, 5.41) is 0. The van der Waals surface area contributed by atoms with E-state index >= 15 is 0 Å². The van der Waals surface area contributed by atoms with Gasteiger partial charge in [-0.25, -0.2) is 0 Å². The minimum Gasteiger partial charge on any atom is -0.391 e. The van der Waals surface area contributed by atoms with Crippen LogP contribution in [0.4, 0.5) is 0 Å². The van der Waals surface area contributed by atoms with Crippen molar-refractivity contribution in [3.63, 3.8) is 0 Å². The van der Waals surface area contributed by atoms with Gasteiger partial charge in [0.2, 0.25) is 0 Å². The van der Waals surface area contributed by atoms with E-state index in [4.69, 9.17) is 16.0 Å². The monoisotopic (exact) mass is 293 g/mol. The van der Waals surface area contributed by atoms with Crippen molar-refractivity contribution in [3.05, 3.63) is 60.4 Å². The van der Waals surface area contributed by atoms with E-state index in [1.54, 1.807) is 0 Å². The van der Waals surface area contributed by atoms with Gasteiger partial charge < -0.3 is 8.99 Å². The third kappa shape index (κ3) is 3.11. The zero-order chi connectivity index (χ0) is 13.9.